The summed E-state index contributed by atoms with van der Waals surface area (Å²) in [6, 6.07) is 0. The van der Waals surface area contributed by atoms with Crippen molar-refractivity contribution >= 4 is 16.0 Å². The molecule has 2 N–H and O–H groups in total. The van der Waals surface area contributed by atoms with Gasteiger partial charge in [0.25, 0.3) is 10.1 Å². The maximum Gasteiger partial charge on any atom is 0.266 e. The van der Waals surface area contributed by atoms with Crippen LogP contribution < -0.4 is 5.32 Å². The summed E-state index contributed by atoms with van der Waals surface area (Å²) in [6.07, 6.45) is 21.9. The first kappa shape index (κ1) is 24.9. The molecule has 0 saturated heterocycles. The SMILES string of the molecule is CCCCC/C=C\C/C=C\CCCCCCCC(=O)NCCS(=O)(=O)O. The van der Waals surface area contributed by atoms with Crippen LogP contribution in [0.2, 0.25) is 0 Å². The van der Waals surface area contributed by atoms with Crippen LogP contribution in [0.1, 0.15) is 84.0 Å². The van der Waals surface area contributed by atoms with E-state index in [1.165, 1.54) is 38.5 Å². The lowest BCUT2D eigenvalue weighted by molar-refractivity contribution is -0.121. The van der Waals surface area contributed by atoms with E-state index in [1.54, 1.807) is 0 Å². The Morgan fingerprint density at radius 2 is 1.46 bits per heavy atom. The Bertz CT molecular complexity index is 498. The minimum Gasteiger partial charge on any atom is -0.355 e. The van der Waals surface area contributed by atoms with Crippen LogP contribution in [0.25, 0.3) is 0 Å². The van der Waals surface area contributed by atoms with Crippen molar-refractivity contribution in [3.05, 3.63) is 24.3 Å². The van der Waals surface area contributed by atoms with E-state index in [4.69, 9.17) is 4.55 Å². The molecule has 1 amide bonds. The third-order valence-corrected chi connectivity index (χ3v) is 4.76. The lowest BCUT2D eigenvalue weighted by Gasteiger charge is -2.04. The molecule has 0 bridgehead atoms. The van der Waals surface area contributed by atoms with Gasteiger partial charge < -0.3 is 5.32 Å². The van der Waals surface area contributed by atoms with Crippen LogP contribution in [0.15, 0.2) is 24.3 Å². The highest BCUT2D eigenvalue weighted by Crippen LogP contribution is 2.08. The van der Waals surface area contributed by atoms with Crippen molar-refractivity contribution in [2.24, 2.45) is 0 Å². The largest absolute Gasteiger partial charge is 0.355 e. The van der Waals surface area contributed by atoms with E-state index in [1.807, 2.05) is 0 Å². The zero-order valence-corrected chi connectivity index (χ0v) is 17.1. The van der Waals surface area contributed by atoms with Gasteiger partial charge in [0.1, 0.15) is 0 Å². The van der Waals surface area contributed by atoms with Crippen molar-refractivity contribution in [3.63, 3.8) is 0 Å². The summed E-state index contributed by atoms with van der Waals surface area (Å²) in [7, 11) is -3.99. The highest BCUT2D eigenvalue weighted by atomic mass is 32.2. The first-order valence-corrected chi connectivity index (χ1v) is 11.6. The lowest BCUT2D eigenvalue weighted by Crippen LogP contribution is -2.28. The summed E-state index contributed by atoms with van der Waals surface area (Å²) in [6.45, 7) is 2.19. The average molecular weight is 388 g/mol. The third-order valence-electron chi connectivity index (χ3n) is 4.04. The first-order chi connectivity index (χ1) is 12.5. The van der Waals surface area contributed by atoms with Crippen LogP contribution in [0, 0.1) is 0 Å². The van der Waals surface area contributed by atoms with Gasteiger partial charge in [-0.1, -0.05) is 63.3 Å². The van der Waals surface area contributed by atoms with Crippen LogP contribution in [-0.2, 0) is 14.9 Å². The van der Waals surface area contributed by atoms with Crippen molar-refractivity contribution in [1.29, 1.82) is 0 Å². The van der Waals surface area contributed by atoms with Crippen molar-refractivity contribution in [2.45, 2.75) is 84.0 Å². The van der Waals surface area contributed by atoms with E-state index >= 15 is 0 Å². The second-order valence-corrected chi connectivity index (χ2v) is 8.19. The number of nitrogens with one attached hydrogen (secondary N) is 1. The Kier molecular flexibility index (Phi) is 16.5. The Balaban J connectivity index is 3.35. The topological polar surface area (TPSA) is 83.5 Å². The van der Waals surface area contributed by atoms with E-state index in [9.17, 15) is 13.2 Å². The summed E-state index contributed by atoms with van der Waals surface area (Å²) in [5.74, 6) is -0.583. The quantitative estimate of drug-likeness (QED) is 0.213. The molecule has 0 atom stereocenters. The number of allylic oxidation sites excluding steroid dienone is 4. The minimum absolute atomic E-state index is 0.0298. The number of hydrogen-bond acceptors (Lipinski definition) is 3. The van der Waals surface area contributed by atoms with Gasteiger partial charge in [-0.05, 0) is 38.5 Å². The number of hydrogen-bond donors (Lipinski definition) is 2. The van der Waals surface area contributed by atoms with Crippen LogP contribution in [0.4, 0.5) is 0 Å². The molecule has 0 radical (unpaired) electrons. The number of rotatable bonds is 17. The Morgan fingerprint density at radius 3 is 2.08 bits per heavy atom. The van der Waals surface area contributed by atoms with Gasteiger partial charge in [-0.3, -0.25) is 9.35 Å². The number of carbonyl (C=O) groups is 1. The Morgan fingerprint density at radius 1 is 0.885 bits per heavy atom. The van der Waals surface area contributed by atoms with Crippen molar-refractivity contribution in [3.8, 4) is 0 Å². The lowest BCUT2D eigenvalue weighted by atomic mass is 10.1. The number of unbranched alkanes of at least 4 members (excludes halogenated alkanes) is 8. The molecule has 0 aliphatic rings. The molecule has 0 spiro atoms. The number of carbonyl (C=O) groups excluding carboxylic acids is 1. The highest BCUT2D eigenvalue weighted by Gasteiger charge is 2.06. The van der Waals surface area contributed by atoms with Gasteiger partial charge in [-0.25, -0.2) is 0 Å². The molecule has 0 aromatic rings. The van der Waals surface area contributed by atoms with Gasteiger partial charge >= 0.3 is 0 Å². The van der Waals surface area contributed by atoms with Gasteiger partial charge in [0, 0.05) is 13.0 Å². The summed E-state index contributed by atoms with van der Waals surface area (Å²) in [4.78, 5) is 11.5. The fourth-order valence-electron chi connectivity index (χ4n) is 2.50. The van der Waals surface area contributed by atoms with Gasteiger partial charge in [-0.2, -0.15) is 8.42 Å². The fourth-order valence-corrected chi connectivity index (χ4v) is 2.86. The van der Waals surface area contributed by atoms with E-state index in [0.717, 1.165) is 32.1 Å². The maximum atomic E-state index is 11.5. The van der Waals surface area contributed by atoms with E-state index < -0.39 is 15.9 Å². The molecule has 0 fully saturated rings. The van der Waals surface area contributed by atoms with E-state index in [2.05, 4.69) is 36.5 Å². The second kappa shape index (κ2) is 17.3. The van der Waals surface area contributed by atoms with Crippen molar-refractivity contribution in [2.75, 3.05) is 12.3 Å². The second-order valence-electron chi connectivity index (χ2n) is 6.62. The molecule has 0 aliphatic heterocycles. The van der Waals surface area contributed by atoms with Crippen LogP contribution in [0.5, 0.6) is 0 Å². The predicted molar refractivity (Wildman–Crippen MR) is 109 cm³/mol. The smallest absolute Gasteiger partial charge is 0.266 e. The van der Waals surface area contributed by atoms with Gasteiger partial charge in [0.05, 0.1) is 5.75 Å². The molecule has 5 nitrogen and oxygen atoms in total. The summed E-state index contributed by atoms with van der Waals surface area (Å²) in [5.41, 5.74) is 0. The van der Waals surface area contributed by atoms with Gasteiger partial charge in [0.15, 0.2) is 0 Å². The monoisotopic (exact) mass is 387 g/mol. The molecule has 0 aliphatic carbocycles. The predicted octanol–water partition coefficient (Wildman–Crippen LogP) is 4.80. The molecule has 6 heteroatoms. The fraction of sp³-hybridized carbons (Fsp3) is 0.750. The minimum atomic E-state index is -3.99. The molecule has 0 saturated carbocycles. The van der Waals surface area contributed by atoms with Gasteiger partial charge in [0.2, 0.25) is 5.91 Å². The molecule has 0 heterocycles. The first-order valence-electron chi connectivity index (χ1n) is 9.97. The van der Waals surface area contributed by atoms with E-state index in [0.29, 0.717) is 6.42 Å². The maximum absolute atomic E-state index is 11.5. The highest BCUT2D eigenvalue weighted by molar-refractivity contribution is 7.85. The molecule has 0 aromatic heterocycles. The zero-order chi connectivity index (χ0) is 19.5. The van der Waals surface area contributed by atoms with Crippen molar-refractivity contribution < 1.29 is 17.8 Å². The summed E-state index contributed by atoms with van der Waals surface area (Å²) in [5, 5.41) is 2.50. The van der Waals surface area contributed by atoms with Gasteiger partial charge in [-0.15, -0.1) is 0 Å². The summed E-state index contributed by atoms with van der Waals surface area (Å²) < 4.78 is 29.6. The Labute approximate surface area is 160 Å². The van der Waals surface area contributed by atoms with E-state index in [-0.39, 0.29) is 12.5 Å². The standard InChI is InChI=1S/C20H37NO4S/c1-2-3-4-5-6-7-8-9-10-11-12-13-14-15-16-17-20(22)21-18-19-26(23,24)25/h6-7,9-10H,2-5,8,11-19H2,1H3,(H,21,22)(H,23,24,25)/b7-6-,10-9-. The molecule has 152 valence electrons. The van der Waals surface area contributed by atoms with Crippen molar-refractivity contribution in [1.82, 2.24) is 5.32 Å². The molecule has 0 aromatic carbocycles. The molecular formula is C20H37NO4S. The molecular weight excluding hydrogens is 350 g/mol. The summed E-state index contributed by atoms with van der Waals surface area (Å²) >= 11 is 0. The van der Waals surface area contributed by atoms with Crippen LogP contribution in [-0.4, -0.2) is 31.2 Å². The van der Waals surface area contributed by atoms with Crippen LogP contribution >= 0.6 is 0 Å². The molecule has 0 rings (SSSR count). The Hall–Kier alpha value is -1.14. The number of amides is 1. The molecule has 26 heavy (non-hydrogen) atoms. The normalized spacial score (nSPS) is 12.2. The third kappa shape index (κ3) is 20.9. The van der Waals surface area contributed by atoms with Crippen LogP contribution in [0.3, 0.4) is 0 Å². The molecule has 0 unspecified atom stereocenters. The zero-order valence-electron chi connectivity index (χ0n) is 16.3. The average Bonchev–Trinajstić information content (AvgIpc) is 2.57.